The number of amides is 1. The van der Waals surface area contributed by atoms with Crippen LogP contribution in [0.2, 0.25) is 0 Å². The van der Waals surface area contributed by atoms with Crippen LogP contribution in [-0.2, 0) is 16.4 Å². The summed E-state index contributed by atoms with van der Waals surface area (Å²) in [5.41, 5.74) is 2.67. The van der Waals surface area contributed by atoms with Crippen molar-refractivity contribution in [2.45, 2.75) is 18.6 Å². The monoisotopic (exact) mass is 454 g/mol. The summed E-state index contributed by atoms with van der Waals surface area (Å²) in [6.07, 6.45) is 0. The van der Waals surface area contributed by atoms with E-state index >= 15 is 0 Å². The molecule has 0 spiro atoms. The first kappa shape index (κ1) is 19.7. The number of methoxy groups -OCH3 is 1. The van der Waals surface area contributed by atoms with Crippen molar-refractivity contribution in [3.8, 4) is 17.0 Å². The number of imidazole rings is 1. The highest BCUT2D eigenvalue weighted by Crippen LogP contribution is 2.32. The van der Waals surface area contributed by atoms with Crippen molar-refractivity contribution >= 4 is 43.0 Å². The number of nitrogens with one attached hydrogen (secondary N) is 1. The number of hydrogen-bond donors (Lipinski definition) is 1. The van der Waals surface area contributed by atoms with Crippen molar-refractivity contribution in [2.24, 2.45) is 0 Å². The summed E-state index contributed by atoms with van der Waals surface area (Å²) < 4.78 is 32.5. The molecule has 0 aliphatic carbocycles. The molecule has 3 heterocycles. The van der Waals surface area contributed by atoms with E-state index in [1.807, 2.05) is 19.1 Å². The minimum atomic E-state index is -3.52. The zero-order valence-corrected chi connectivity index (χ0v) is 18.4. The van der Waals surface area contributed by atoms with E-state index in [1.165, 1.54) is 4.57 Å². The lowest BCUT2D eigenvalue weighted by molar-refractivity contribution is 0.101. The lowest BCUT2D eigenvalue weighted by Gasteiger charge is -2.09. The van der Waals surface area contributed by atoms with E-state index in [2.05, 4.69) is 15.3 Å². The van der Waals surface area contributed by atoms with Gasteiger partial charge in [-0.25, -0.2) is 18.4 Å². The fourth-order valence-corrected chi connectivity index (χ4v) is 5.89. The van der Waals surface area contributed by atoms with E-state index < -0.39 is 15.7 Å². The van der Waals surface area contributed by atoms with Crippen molar-refractivity contribution in [1.82, 2.24) is 14.5 Å². The van der Waals surface area contributed by atoms with E-state index in [1.54, 1.807) is 48.8 Å². The van der Waals surface area contributed by atoms with Crippen molar-refractivity contribution in [2.75, 3.05) is 18.2 Å². The van der Waals surface area contributed by atoms with E-state index in [0.29, 0.717) is 22.7 Å². The van der Waals surface area contributed by atoms with Crippen molar-refractivity contribution in [3.05, 3.63) is 53.2 Å². The molecule has 1 amide bonds. The zero-order valence-electron chi connectivity index (χ0n) is 16.7. The number of benzene rings is 2. The van der Waals surface area contributed by atoms with Crippen LogP contribution in [0.15, 0.2) is 47.6 Å². The molecule has 0 atom stereocenters. The lowest BCUT2D eigenvalue weighted by atomic mass is 10.1. The maximum Gasteiger partial charge on any atom is 0.274 e. The normalized spacial score (nSPS) is 14.5. The molecular weight excluding hydrogens is 436 g/mol. The number of rotatable bonds is 4. The van der Waals surface area contributed by atoms with Gasteiger partial charge in [0.05, 0.1) is 28.1 Å². The molecule has 0 unspecified atom stereocenters. The number of hydrogen-bond acceptors (Lipinski definition) is 7. The van der Waals surface area contributed by atoms with Crippen LogP contribution in [0.5, 0.6) is 5.75 Å². The van der Waals surface area contributed by atoms with Crippen LogP contribution in [-0.4, -0.2) is 41.7 Å². The Morgan fingerprint density at radius 2 is 1.94 bits per heavy atom. The van der Waals surface area contributed by atoms with Gasteiger partial charge in [-0.2, -0.15) is 0 Å². The molecule has 158 valence electrons. The molecule has 1 aliphatic rings. The number of aryl methyl sites for hydroxylation is 1. The molecule has 8 nitrogen and oxygen atoms in total. The van der Waals surface area contributed by atoms with Crippen LogP contribution in [0.4, 0.5) is 5.69 Å². The van der Waals surface area contributed by atoms with Crippen LogP contribution in [0, 0.1) is 6.92 Å². The number of aromatic nitrogens is 3. The molecule has 5 rings (SSSR count). The van der Waals surface area contributed by atoms with Gasteiger partial charge in [0.15, 0.2) is 0 Å². The Kier molecular flexibility index (Phi) is 4.56. The summed E-state index contributed by atoms with van der Waals surface area (Å²) in [5.74, 6) is 0.175. The number of ether oxygens (including phenoxy) is 1. The van der Waals surface area contributed by atoms with Crippen molar-refractivity contribution in [1.29, 1.82) is 0 Å². The van der Waals surface area contributed by atoms with Crippen molar-refractivity contribution in [3.63, 3.8) is 0 Å². The summed E-state index contributed by atoms with van der Waals surface area (Å²) in [6.45, 7) is 2.12. The van der Waals surface area contributed by atoms with Gasteiger partial charge in [0.1, 0.15) is 17.1 Å². The number of anilines is 1. The number of sulfone groups is 1. The minimum Gasteiger partial charge on any atom is -0.497 e. The van der Waals surface area contributed by atoms with E-state index in [4.69, 9.17) is 4.74 Å². The molecule has 4 aromatic rings. The fourth-order valence-electron chi connectivity index (χ4n) is 3.67. The van der Waals surface area contributed by atoms with Gasteiger partial charge in [0, 0.05) is 17.8 Å². The highest BCUT2D eigenvalue weighted by molar-refractivity contribution is 7.91. The van der Waals surface area contributed by atoms with Crippen LogP contribution >= 0.6 is 11.3 Å². The number of carbonyl (C=O) groups excluding carboxylic acids is 1. The zero-order chi connectivity index (χ0) is 21.8. The average molecular weight is 455 g/mol. The highest BCUT2D eigenvalue weighted by Gasteiger charge is 2.35. The molecule has 0 saturated heterocycles. The Morgan fingerprint density at radius 1 is 1.16 bits per heavy atom. The fraction of sp³-hybridized carbons (Fsp3) is 0.190. The molecule has 1 N–H and O–H groups in total. The van der Waals surface area contributed by atoms with Gasteiger partial charge in [-0.3, -0.25) is 4.79 Å². The Balaban J connectivity index is 1.58. The SMILES string of the molecule is COc1ccc(-c2nc3n(c2C(=O)Nc2ccc4nc(C)sc4c2)CCS3(=O)=O)cc1. The summed E-state index contributed by atoms with van der Waals surface area (Å²) in [4.78, 5) is 22.1. The smallest absolute Gasteiger partial charge is 0.274 e. The van der Waals surface area contributed by atoms with Gasteiger partial charge in [0.25, 0.3) is 5.91 Å². The van der Waals surface area contributed by atoms with Crippen molar-refractivity contribution < 1.29 is 17.9 Å². The average Bonchev–Trinajstić information content (AvgIpc) is 3.40. The van der Waals surface area contributed by atoms with Gasteiger partial charge in [-0.1, -0.05) is 0 Å². The molecule has 0 radical (unpaired) electrons. The molecule has 0 bridgehead atoms. The summed E-state index contributed by atoms with van der Waals surface area (Å²) >= 11 is 1.54. The molecule has 0 fully saturated rings. The summed E-state index contributed by atoms with van der Waals surface area (Å²) in [6, 6.07) is 12.5. The topological polar surface area (TPSA) is 103 Å². The number of nitrogens with zero attached hydrogens (tertiary/aromatic N) is 3. The molecule has 10 heteroatoms. The van der Waals surface area contributed by atoms with Gasteiger partial charge in [-0.05, 0) is 49.4 Å². The van der Waals surface area contributed by atoms with Gasteiger partial charge < -0.3 is 14.6 Å². The standard InChI is InChI=1S/C21H18N4O4S2/c1-12-22-16-8-5-14(11-17(16)30-12)23-20(26)19-18(13-3-6-15(29-2)7-4-13)24-21-25(19)9-10-31(21,27)28/h3-8,11H,9-10H2,1-2H3,(H,23,26). The van der Waals surface area contributed by atoms with Crippen LogP contribution in [0.3, 0.4) is 0 Å². The van der Waals surface area contributed by atoms with E-state index in [-0.39, 0.29) is 23.1 Å². The molecule has 2 aromatic heterocycles. The van der Waals surface area contributed by atoms with Crippen LogP contribution in [0.25, 0.3) is 21.5 Å². The summed E-state index contributed by atoms with van der Waals surface area (Å²) in [5, 5.41) is 3.77. The van der Waals surface area contributed by atoms with Gasteiger partial charge in [-0.15, -0.1) is 11.3 Å². The maximum absolute atomic E-state index is 13.3. The molecule has 1 aliphatic heterocycles. The van der Waals surface area contributed by atoms with Crippen LogP contribution < -0.4 is 10.1 Å². The highest BCUT2D eigenvalue weighted by atomic mass is 32.2. The first-order chi connectivity index (χ1) is 14.9. The third-order valence-corrected chi connectivity index (χ3v) is 7.65. The Bertz CT molecular complexity index is 1440. The third kappa shape index (κ3) is 3.37. The molecule has 2 aromatic carbocycles. The number of carbonyl (C=O) groups is 1. The Labute approximate surface area is 182 Å². The predicted octanol–water partition coefficient (Wildman–Crippen LogP) is 3.52. The first-order valence-electron chi connectivity index (χ1n) is 9.52. The first-order valence-corrected chi connectivity index (χ1v) is 12.0. The maximum atomic E-state index is 13.3. The molecule has 0 saturated carbocycles. The minimum absolute atomic E-state index is 0.0649. The van der Waals surface area contributed by atoms with E-state index in [9.17, 15) is 13.2 Å². The largest absolute Gasteiger partial charge is 0.497 e. The van der Waals surface area contributed by atoms with E-state index in [0.717, 1.165) is 15.2 Å². The third-order valence-electron chi connectivity index (χ3n) is 5.13. The molecule has 31 heavy (non-hydrogen) atoms. The van der Waals surface area contributed by atoms with Crippen LogP contribution in [0.1, 0.15) is 15.5 Å². The lowest BCUT2D eigenvalue weighted by Crippen LogP contribution is -2.17. The Morgan fingerprint density at radius 3 is 2.68 bits per heavy atom. The number of thiazole rings is 1. The second-order valence-electron chi connectivity index (χ2n) is 7.16. The second kappa shape index (κ2) is 7.17. The second-order valence-corrected chi connectivity index (χ2v) is 10.4. The van der Waals surface area contributed by atoms with Gasteiger partial charge in [0.2, 0.25) is 15.0 Å². The Hall–Kier alpha value is -3.24. The summed E-state index contributed by atoms with van der Waals surface area (Å²) in [7, 11) is -1.96. The predicted molar refractivity (Wildman–Crippen MR) is 119 cm³/mol. The number of fused-ring (bicyclic) bond motifs is 2. The van der Waals surface area contributed by atoms with Gasteiger partial charge >= 0.3 is 0 Å². The quantitative estimate of drug-likeness (QED) is 0.506. The molecular formula is C21H18N4O4S2.